The Balaban J connectivity index is 2.88. The summed E-state index contributed by atoms with van der Waals surface area (Å²) in [5.41, 5.74) is -0.589. The van der Waals surface area contributed by atoms with E-state index >= 15 is 0 Å². The number of carbonyl (C=O) groups is 2. The van der Waals surface area contributed by atoms with Crippen LogP contribution in [0.15, 0.2) is 24.3 Å². The number of hydrogen-bond acceptors (Lipinski definition) is 3. The molecule has 0 aromatic heterocycles. The van der Waals surface area contributed by atoms with E-state index in [1.807, 2.05) is 34.6 Å². The van der Waals surface area contributed by atoms with Gasteiger partial charge in [-0.05, 0) is 25.0 Å². The van der Waals surface area contributed by atoms with Crippen molar-refractivity contribution >= 4 is 17.5 Å². The van der Waals surface area contributed by atoms with Crippen LogP contribution in [0, 0.1) is 5.41 Å². The van der Waals surface area contributed by atoms with Crippen LogP contribution in [0.4, 0.5) is 5.69 Å². The van der Waals surface area contributed by atoms with Crippen molar-refractivity contribution in [1.82, 2.24) is 5.32 Å². The first-order chi connectivity index (χ1) is 10.6. The van der Waals surface area contributed by atoms with Crippen LogP contribution in [-0.4, -0.2) is 29.1 Å². The van der Waals surface area contributed by atoms with E-state index in [1.165, 1.54) is 0 Å². The van der Waals surface area contributed by atoms with Gasteiger partial charge in [-0.1, -0.05) is 46.8 Å². The maximum absolute atomic E-state index is 12.4. The smallest absolute Gasteiger partial charge is 0.253 e. The topological polar surface area (TPSA) is 78.4 Å². The molecule has 0 saturated carbocycles. The number of para-hydroxylation sites is 1. The lowest BCUT2D eigenvalue weighted by Gasteiger charge is -2.25. The van der Waals surface area contributed by atoms with Crippen molar-refractivity contribution in [3.63, 3.8) is 0 Å². The molecule has 1 aromatic rings. The van der Waals surface area contributed by atoms with E-state index in [1.54, 1.807) is 24.3 Å². The number of carbonyl (C=O) groups excluding carboxylic acids is 2. The molecule has 0 aliphatic heterocycles. The van der Waals surface area contributed by atoms with Gasteiger partial charge >= 0.3 is 0 Å². The second-order valence-electron chi connectivity index (χ2n) is 6.86. The Hall–Kier alpha value is -1.88. The summed E-state index contributed by atoms with van der Waals surface area (Å²) < 4.78 is 0. The molecule has 0 heterocycles. The van der Waals surface area contributed by atoms with Crippen LogP contribution >= 0.6 is 0 Å². The van der Waals surface area contributed by atoms with Crippen LogP contribution in [0.5, 0.6) is 0 Å². The van der Waals surface area contributed by atoms with E-state index in [4.69, 9.17) is 0 Å². The molecule has 0 saturated heterocycles. The Morgan fingerprint density at radius 1 is 1.09 bits per heavy atom. The fraction of sp³-hybridized carbons (Fsp3) is 0.556. The molecule has 5 nitrogen and oxygen atoms in total. The highest BCUT2D eigenvalue weighted by Gasteiger charge is 2.25. The molecule has 0 aliphatic rings. The third-order valence-electron chi connectivity index (χ3n) is 4.00. The largest absolute Gasteiger partial charge is 0.388 e. The van der Waals surface area contributed by atoms with Crippen molar-refractivity contribution < 1.29 is 14.7 Å². The Labute approximate surface area is 138 Å². The van der Waals surface area contributed by atoms with Crippen molar-refractivity contribution in [1.29, 1.82) is 0 Å². The van der Waals surface area contributed by atoms with Crippen molar-refractivity contribution in [2.24, 2.45) is 5.41 Å². The van der Waals surface area contributed by atoms with Gasteiger partial charge in [0.25, 0.3) is 5.91 Å². The van der Waals surface area contributed by atoms with Crippen LogP contribution in [-0.2, 0) is 4.79 Å². The van der Waals surface area contributed by atoms with Gasteiger partial charge in [-0.2, -0.15) is 0 Å². The third kappa shape index (κ3) is 5.36. The zero-order valence-electron chi connectivity index (χ0n) is 14.7. The number of benzene rings is 1. The molecule has 23 heavy (non-hydrogen) atoms. The van der Waals surface area contributed by atoms with Gasteiger partial charge < -0.3 is 15.7 Å². The molecule has 3 N–H and O–H groups in total. The minimum absolute atomic E-state index is 0.156. The van der Waals surface area contributed by atoms with Gasteiger partial charge in [-0.25, -0.2) is 0 Å². The average Bonchev–Trinajstić information content (AvgIpc) is 2.52. The molecular formula is C18H28N2O3. The highest BCUT2D eigenvalue weighted by Crippen LogP contribution is 2.21. The maximum Gasteiger partial charge on any atom is 0.253 e. The lowest BCUT2D eigenvalue weighted by atomic mass is 9.95. The van der Waals surface area contributed by atoms with E-state index in [-0.39, 0.29) is 18.4 Å². The molecule has 0 aliphatic carbocycles. The van der Waals surface area contributed by atoms with E-state index in [2.05, 4.69) is 10.6 Å². The van der Waals surface area contributed by atoms with E-state index in [0.29, 0.717) is 24.1 Å². The fourth-order valence-corrected chi connectivity index (χ4v) is 1.94. The number of nitrogens with one attached hydrogen (secondary N) is 2. The molecular weight excluding hydrogens is 292 g/mol. The second-order valence-corrected chi connectivity index (χ2v) is 6.86. The molecule has 5 heteroatoms. The monoisotopic (exact) mass is 320 g/mol. The summed E-state index contributed by atoms with van der Waals surface area (Å²) in [5, 5.41) is 15.8. The van der Waals surface area contributed by atoms with Gasteiger partial charge in [0.05, 0.1) is 16.9 Å². The van der Waals surface area contributed by atoms with E-state index < -0.39 is 11.0 Å². The summed E-state index contributed by atoms with van der Waals surface area (Å²) in [6.45, 7) is 9.38. The zero-order valence-corrected chi connectivity index (χ0v) is 14.7. The molecule has 1 rings (SSSR count). The molecule has 0 fully saturated rings. The van der Waals surface area contributed by atoms with Crippen LogP contribution in [0.2, 0.25) is 0 Å². The van der Waals surface area contributed by atoms with E-state index in [9.17, 15) is 14.7 Å². The van der Waals surface area contributed by atoms with Gasteiger partial charge in [0.2, 0.25) is 5.91 Å². The summed E-state index contributed by atoms with van der Waals surface area (Å²) in [6, 6.07) is 6.87. The van der Waals surface area contributed by atoms with Crippen LogP contribution in [0.1, 0.15) is 57.8 Å². The lowest BCUT2D eigenvalue weighted by molar-refractivity contribution is -0.123. The van der Waals surface area contributed by atoms with Crippen molar-refractivity contribution in [3.8, 4) is 0 Å². The van der Waals surface area contributed by atoms with Crippen molar-refractivity contribution in [3.05, 3.63) is 29.8 Å². The summed E-state index contributed by atoms with van der Waals surface area (Å²) in [4.78, 5) is 24.5. The Morgan fingerprint density at radius 3 is 2.17 bits per heavy atom. The van der Waals surface area contributed by atoms with Crippen LogP contribution < -0.4 is 10.6 Å². The van der Waals surface area contributed by atoms with E-state index in [0.717, 1.165) is 0 Å². The number of amides is 2. The highest BCUT2D eigenvalue weighted by atomic mass is 16.3. The normalized spacial score (nSPS) is 11.9. The molecule has 0 unspecified atom stereocenters. The lowest BCUT2D eigenvalue weighted by Crippen LogP contribution is -2.42. The number of aliphatic hydroxyl groups is 1. The molecule has 128 valence electrons. The minimum Gasteiger partial charge on any atom is -0.388 e. The molecule has 0 spiro atoms. The van der Waals surface area contributed by atoms with Gasteiger partial charge in [-0.3, -0.25) is 9.59 Å². The molecule has 1 aromatic carbocycles. The summed E-state index contributed by atoms with van der Waals surface area (Å²) >= 11 is 0. The van der Waals surface area contributed by atoms with Gasteiger partial charge in [-0.15, -0.1) is 0 Å². The molecule has 2 amide bonds. The van der Waals surface area contributed by atoms with Gasteiger partial charge in [0.1, 0.15) is 0 Å². The predicted molar refractivity (Wildman–Crippen MR) is 92.4 cm³/mol. The fourth-order valence-electron chi connectivity index (χ4n) is 1.94. The maximum atomic E-state index is 12.4. The Bertz CT molecular complexity index is 558. The first-order valence-electron chi connectivity index (χ1n) is 8.04. The van der Waals surface area contributed by atoms with Crippen molar-refractivity contribution in [2.45, 2.75) is 53.1 Å². The Morgan fingerprint density at radius 2 is 1.65 bits per heavy atom. The van der Waals surface area contributed by atoms with Crippen LogP contribution in [0.3, 0.4) is 0 Å². The second kappa shape index (κ2) is 7.59. The minimum atomic E-state index is -0.904. The number of hydrogen-bond donors (Lipinski definition) is 3. The predicted octanol–water partition coefficient (Wildman–Crippen LogP) is 2.95. The number of anilines is 1. The molecule has 0 radical (unpaired) electrons. The molecule has 0 atom stereocenters. The first kappa shape index (κ1) is 19.2. The van der Waals surface area contributed by atoms with Gasteiger partial charge in [0.15, 0.2) is 0 Å². The average molecular weight is 320 g/mol. The SMILES string of the molecule is CCC(O)(CC)CNC(=O)c1ccccc1NC(=O)C(C)(C)C. The van der Waals surface area contributed by atoms with Crippen molar-refractivity contribution in [2.75, 3.05) is 11.9 Å². The quantitative estimate of drug-likeness (QED) is 0.754. The third-order valence-corrected chi connectivity index (χ3v) is 4.00. The van der Waals surface area contributed by atoms with Gasteiger partial charge in [0, 0.05) is 12.0 Å². The number of rotatable bonds is 6. The standard InChI is InChI=1S/C18H28N2O3/c1-6-18(23,7-2)12-19-15(21)13-10-8-9-11-14(13)20-16(22)17(3,4)5/h8-11,23H,6-7,12H2,1-5H3,(H,19,21)(H,20,22). The molecule has 0 bridgehead atoms. The Kier molecular flexibility index (Phi) is 6.33. The highest BCUT2D eigenvalue weighted by molar-refractivity contribution is 6.04. The first-order valence-corrected chi connectivity index (χ1v) is 8.04. The summed E-state index contributed by atoms with van der Waals surface area (Å²) in [7, 11) is 0. The zero-order chi connectivity index (χ0) is 17.7. The summed E-state index contributed by atoms with van der Waals surface area (Å²) in [5.74, 6) is -0.466. The summed E-state index contributed by atoms with van der Waals surface area (Å²) in [6.07, 6.45) is 1.12. The van der Waals surface area contributed by atoms with Crippen LogP contribution in [0.25, 0.3) is 0 Å².